The van der Waals surface area contributed by atoms with Gasteiger partial charge in [0.25, 0.3) is 0 Å². The van der Waals surface area contributed by atoms with Crippen molar-refractivity contribution < 1.29 is 9.32 Å². The Labute approximate surface area is 140 Å². The molecule has 0 aliphatic carbocycles. The fourth-order valence-corrected chi connectivity index (χ4v) is 3.80. The molecule has 2 aliphatic rings. The molecule has 4 rings (SSSR count). The van der Waals surface area contributed by atoms with Gasteiger partial charge in [-0.15, -0.1) is 0 Å². The number of hydrogen-bond donors (Lipinski definition) is 2. The maximum absolute atomic E-state index is 12.2. The summed E-state index contributed by atoms with van der Waals surface area (Å²) < 4.78 is 5.20. The number of rotatable bonds is 5. The van der Waals surface area contributed by atoms with Crippen molar-refractivity contribution in [2.45, 2.75) is 50.7 Å². The summed E-state index contributed by atoms with van der Waals surface area (Å²) in [5.41, 5.74) is 0.844. The van der Waals surface area contributed by atoms with Crippen molar-refractivity contribution in [2.24, 2.45) is 5.92 Å². The van der Waals surface area contributed by atoms with E-state index in [-0.39, 0.29) is 12.5 Å². The van der Waals surface area contributed by atoms with Crippen LogP contribution in [0.1, 0.15) is 38.0 Å². The van der Waals surface area contributed by atoms with E-state index in [0.717, 1.165) is 18.4 Å². The zero-order valence-corrected chi connectivity index (χ0v) is 13.4. The van der Waals surface area contributed by atoms with E-state index in [9.17, 15) is 4.79 Å². The first-order valence-electron chi connectivity index (χ1n) is 8.52. The van der Waals surface area contributed by atoms with Crippen LogP contribution >= 0.6 is 0 Å². The lowest BCUT2D eigenvalue weighted by Crippen LogP contribution is -2.39. The second kappa shape index (κ2) is 6.68. The number of fused-ring (bicyclic) bond motifs is 2. The van der Waals surface area contributed by atoms with Gasteiger partial charge in [0.05, 0.1) is 6.54 Å². The van der Waals surface area contributed by atoms with Gasteiger partial charge >= 0.3 is 0 Å². The minimum absolute atomic E-state index is 0.0601. The first-order valence-corrected chi connectivity index (χ1v) is 8.52. The Morgan fingerprint density at radius 3 is 2.75 bits per heavy atom. The molecule has 2 saturated heterocycles. The Morgan fingerprint density at radius 2 is 2.00 bits per heavy atom. The van der Waals surface area contributed by atoms with E-state index >= 15 is 0 Å². The molecule has 2 fully saturated rings. The predicted molar refractivity (Wildman–Crippen MR) is 86.7 cm³/mol. The van der Waals surface area contributed by atoms with Crippen LogP contribution in [0, 0.1) is 5.92 Å². The van der Waals surface area contributed by atoms with Crippen molar-refractivity contribution in [2.75, 3.05) is 0 Å². The molecule has 2 unspecified atom stereocenters. The fourth-order valence-electron chi connectivity index (χ4n) is 3.80. The third kappa shape index (κ3) is 3.46. The van der Waals surface area contributed by atoms with Crippen LogP contribution < -0.4 is 10.6 Å². The number of pyridine rings is 1. The summed E-state index contributed by atoms with van der Waals surface area (Å²) in [7, 11) is 0. The van der Waals surface area contributed by atoms with E-state index in [4.69, 9.17) is 4.52 Å². The van der Waals surface area contributed by atoms with E-state index in [2.05, 4.69) is 25.8 Å². The molecule has 2 N–H and O–H groups in total. The standard InChI is InChI=1S/C17H21N5O2/c23-15(9-11-7-13-1-2-14(8-11)20-13)19-10-16-21-17(22-24-16)12-3-5-18-6-4-12/h3-6,11,13-14,20H,1-2,7-10H2,(H,19,23). The van der Waals surface area contributed by atoms with Crippen LogP contribution in [-0.4, -0.2) is 33.1 Å². The smallest absolute Gasteiger partial charge is 0.246 e. The lowest BCUT2D eigenvalue weighted by molar-refractivity contribution is -0.122. The molecular weight excluding hydrogens is 306 g/mol. The quantitative estimate of drug-likeness (QED) is 0.868. The highest BCUT2D eigenvalue weighted by Crippen LogP contribution is 2.32. The van der Waals surface area contributed by atoms with Crippen molar-refractivity contribution >= 4 is 5.91 Å². The number of aromatic nitrogens is 3. The summed E-state index contributed by atoms with van der Waals surface area (Å²) >= 11 is 0. The molecule has 7 heteroatoms. The molecule has 2 bridgehead atoms. The van der Waals surface area contributed by atoms with Crippen LogP contribution in [0.15, 0.2) is 29.0 Å². The molecule has 0 saturated carbocycles. The lowest BCUT2D eigenvalue weighted by Gasteiger charge is -2.28. The van der Waals surface area contributed by atoms with Gasteiger partial charge < -0.3 is 15.2 Å². The molecule has 24 heavy (non-hydrogen) atoms. The van der Waals surface area contributed by atoms with Crippen LogP contribution in [0.4, 0.5) is 0 Å². The molecular formula is C17H21N5O2. The summed E-state index contributed by atoms with van der Waals surface area (Å²) in [4.78, 5) is 20.4. The monoisotopic (exact) mass is 327 g/mol. The average molecular weight is 327 g/mol. The Hall–Kier alpha value is -2.28. The predicted octanol–water partition coefficient (Wildman–Crippen LogP) is 1.67. The first-order chi connectivity index (χ1) is 11.8. The van der Waals surface area contributed by atoms with Gasteiger partial charge in [-0.05, 0) is 43.7 Å². The number of amides is 1. The maximum Gasteiger partial charge on any atom is 0.246 e. The molecule has 2 aromatic heterocycles. The first kappa shape index (κ1) is 15.3. The van der Waals surface area contributed by atoms with Gasteiger partial charge in [0.2, 0.25) is 17.6 Å². The molecule has 2 atom stereocenters. The largest absolute Gasteiger partial charge is 0.347 e. The molecule has 1 amide bonds. The van der Waals surface area contributed by atoms with Crippen LogP contribution in [-0.2, 0) is 11.3 Å². The zero-order chi connectivity index (χ0) is 16.4. The Balaban J connectivity index is 1.28. The van der Waals surface area contributed by atoms with Gasteiger partial charge in [0, 0.05) is 36.5 Å². The second-order valence-electron chi connectivity index (χ2n) is 6.70. The average Bonchev–Trinajstić information content (AvgIpc) is 3.20. The van der Waals surface area contributed by atoms with Crippen molar-refractivity contribution in [3.8, 4) is 11.4 Å². The van der Waals surface area contributed by atoms with E-state index in [0.29, 0.717) is 36.1 Å². The number of carbonyl (C=O) groups is 1. The third-order valence-corrected chi connectivity index (χ3v) is 4.89. The van der Waals surface area contributed by atoms with Gasteiger partial charge in [-0.1, -0.05) is 5.16 Å². The maximum atomic E-state index is 12.2. The Bertz CT molecular complexity index is 690. The van der Waals surface area contributed by atoms with Gasteiger partial charge in [-0.3, -0.25) is 9.78 Å². The molecule has 0 radical (unpaired) electrons. The normalized spacial score (nSPS) is 25.6. The third-order valence-electron chi connectivity index (χ3n) is 4.89. The summed E-state index contributed by atoms with van der Waals surface area (Å²) in [6, 6.07) is 4.86. The van der Waals surface area contributed by atoms with Gasteiger partial charge in [0.15, 0.2) is 0 Å². The van der Waals surface area contributed by atoms with E-state index in [1.54, 1.807) is 12.4 Å². The topological polar surface area (TPSA) is 92.9 Å². The highest BCUT2D eigenvalue weighted by Gasteiger charge is 2.34. The van der Waals surface area contributed by atoms with E-state index < -0.39 is 0 Å². The molecule has 126 valence electrons. The van der Waals surface area contributed by atoms with Crippen LogP contribution in [0.5, 0.6) is 0 Å². The highest BCUT2D eigenvalue weighted by molar-refractivity contribution is 5.76. The van der Waals surface area contributed by atoms with Crippen LogP contribution in [0.25, 0.3) is 11.4 Å². The summed E-state index contributed by atoms with van der Waals surface area (Å²) in [5.74, 6) is 1.47. The molecule has 7 nitrogen and oxygen atoms in total. The zero-order valence-electron chi connectivity index (χ0n) is 13.4. The number of piperidine rings is 1. The highest BCUT2D eigenvalue weighted by atomic mass is 16.5. The fraction of sp³-hybridized carbons (Fsp3) is 0.529. The number of nitrogens with zero attached hydrogens (tertiary/aromatic N) is 3. The van der Waals surface area contributed by atoms with Crippen molar-refractivity contribution in [3.63, 3.8) is 0 Å². The van der Waals surface area contributed by atoms with Crippen LogP contribution in [0.3, 0.4) is 0 Å². The molecule has 2 aromatic rings. The summed E-state index contributed by atoms with van der Waals surface area (Å²) in [5, 5.41) is 10.4. The van der Waals surface area contributed by atoms with E-state index in [1.807, 2.05) is 12.1 Å². The van der Waals surface area contributed by atoms with E-state index in [1.165, 1.54) is 12.8 Å². The van der Waals surface area contributed by atoms with Gasteiger partial charge in [-0.25, -0.2) is 0 Å². The number of carbonyl (C=O) groups excluding carboxylic acids is 1. The molecule has 0 aromatic carbocycles. The van der Waals surface area contributed by atoms with Gasteiger partial charge in [0.1, 0.15) is 0 Å². The minimum Gasteiger partial charge on any atom is -0.347 e. The Morgan fingerprint density at radius 1 is 1.25 bits per heavy atom. The molecule has 2 aliphatic heterocycles. The molecule has 4 heterocycles. The van der Waals surface area contributed by atoms with Crippen molar-refractivity contribution in [1.29, 1.82) is 0 Å². The number of nitrogens with one attached hydrogen (secondary N) is 2. The second-order valence-corrected chi connectivity index (χ2v) is 6.70. The number of hydrogen-bond acceptors (Lipinski definition) is 6. The SMILES string of the molecule is O=C(CC1CC2CCC(C1)N2)NCc1nc(-c2ccncc2)no1. The van der Waals surface area contributed by atoms with Gasteiger partial charge in [-0.2, -0.15) is 4.98 Å². The van der Waals surface area contributed by atoms with Crippen molar-refractivity contribution in [3.05, 3.63) is 30.4 Å². The summed E-state index contributed by atoms with van der Waals surface area (Å²) in [6.07, 6.45) is 8.66. The van der Waals surface area contributed by atoms with Crippen molar-refractivity contribution in [1.82, 2.24) is 25.8 Å². The lowest BCUT2D eigenvalue weighted by atomic mass is 9.89. The Kier molecular flexibility index (Phi) is 4.25. The summed E-state index contributed by atoms with van der Waals surface area (Å²) in [6.45, 7) is 0.273. The molecule has 0 spiro atoms. The minimum atomic E-state index is 0.0601. The van der Waals surface area contributed by atoms with Crippen LogP contribution in [0.2, 0.25) is 0 Å².